The fraction of sp³-hybridized carbons (Fsp3) is 0.360. The highest BCUT2D eigenvalue weighted by Crippen LogP contribution is 2.27. The summed E-state index contributed by atoms with van der Waals surface area (Å²) in [5.74, 6) is 0.292. The lowest BCUT2D eigenvalue weighted by molar-refractivity contribution is 0.0744. The zero-order valence-corrected chi connectivity index (χ0v) is 20.5. The molecule has 0 saturated carbocycles. The number of hydrogen-bond donors (Lipinski definition) is 1. The minimum Gasteiger partial charge on any atom is -0.486 e. The van der Waals surface area contributed by atoms with Crippen LogP contribution in [-0.4, -0.2) is 47.8 Å². The summed E-state index contributed by atoms with van der Waals surface area (Å²) in [6, 6.07) is 16.4. The number of hydrogen-bond acceptors (Lipinski definition) is 5. The monoisotopic (exact) mass is 486 g/mol. The topological polar surface area (TPSA) is 68.6 Å². The second-order valence-corrected chi connectivity index (χ2v) is 8.04. The van der Waals surface area contributed by atoms with Crippen molar-refractivity contribution >= 4 is 19.4 Å². The van der Waals surface area contributed by atoms with Crippen molar-refractivity contribution in [3.63, 3.8) is 0 Å². The van der Waals surface area contributed by atoms with Crippen LogP contribution in [0.4, 0.5) is 4.39 Å². The summed E-state index contributed by atoms with van der Waals surface area (Å²) in [6.45, 7) is 2.10. The van der Waals surface area contributed by atoms with E-state index in [9.17, 15) is 4.79 Å². The molecule has 0 saturated heterocycles. The van der Waals surface area contributed by atoms with Crippen molar-refractivity contribution in [3.05, 3.63) is 77.2 Å². The highest BCUT2D eigenvalue weighted by Gasteiger charge is 2.26. The maximum atomic E-state index is 15.0. The molecule has 0 radical (unpaired) electrons. The van der Waals surface area contributed by atoms with Gasteiger partial charge in [0, 0.05) is 43.8 Å². The van der Waals surface area contributed by atoms with Gasteiger partial charge in [-0.3, -0.25) is 9.48 Å². The van der Waals surface area contributed by atoms with Gasteiger partial charge in [0.25, 0.3) is 5.91 Å². The fourth-order valence-electron chi connectivity index (χ4n) is 4.00. The predicted octanol–water partition coefficient (Wildman–Crippen LogP) is 3.92. The smallest absolute Gasteiger partial charge is 0.272 e. The molecule has 1 N–H and O–H groups in total. The van der Waals surface area contributed by atoms with E-state index in [2.05, 4.69) is 10.4 Å². The Morgan fingerprint density at radius 1 is 1.15 bits per heavy atom. The average molecular weight is 487 g/mol. The summed E-state index contributed by atoms with van der Waals surface area (Å²) >= 11 is 0. The van der Waals surface area contributed by atoms with E-state index in [1.807, 2.05) is 37.4 Å². The van der Waals surface area contributed by atoms with E-state index < -0.39 is 5.82 Å². The quantitative estimate of drug-likeness (QED) is 0.497. The first-order valence-corrected chi connectivity index (χ1v) is 11.1. The number of rotatable bonds is 9. The average Bonchev–Trinajstić information content (AvgIpc) is 3.20. The molecule has 1 atom stereocenters. The molecule has 1 aliphatic heterocycles. The molecule has 0 unspecified atom stereocenters. The molecule has 4 rings (SSSR count). The molecular weight excluding hydrogens is 455 g/mol. The minimum absolute atomic E-state index is 0. The highest BCUT2D eigenvalue weighted by molar-refractivity contribution is 7.59. The van der Waals surface area contributed by atoms with Crippen LogP contribution in [0.1, 0.15) is 40.6 Å². The van der Waals surface area contributed by atoms with Gasteiger partial charge >= 0.3 is 0 Å². The van der Waals surface area contributed by atoms with Crippen LogP contribution < -0.4 is 14.8 Å². The van der Waals surface area contributed by atoms with Crippen molar-refractivity contribution < 1.29 is 18.7 Å². The molecule has 1 aromatic heterocycles. The Morgan fingerprint density at radius 2 is 1.94 bits per heavy atom. The lowest BCUT2D eigenvalue weighted by Crippen LogP contribution is -2.31. The fourth-order valence-corrected chi connectivity index (χ4v) is 4.00. The molecule has 1 aliphatic rings. The number of methoxy groups -OCH3 is 1. The molecule has 34 heavy (non-hydrogen) atoms. The molecule has 1 amide bonds. The summed E-state index contributed by atoms with van der Waals surface area (Å²) in [7, 11) is 3.41. The number of aromatic nitrogens is 2. The predicted molar refractivity (Wildman–Crippen MR) is 133 cm³/mol. The first-order valence-electron chi connectivity index (χ1n) is 11.1. The molecule has 2 heterocycles. The zero-order chi connectivity index (χ0) is 23.2. The largest absolute Gasteiger partial charge is 0.486 e. The first kappa shape index (κ1) is 25.6. The number of nitrogens with zero attached hydrogens (tertiary/aromatic N) is 3. The van der Waals surface area contributed by atoms with Crippen LogP contribution in [0.15, 0.2) is 54.6 Å². The van der Waals surface area contributed by atoms with E-state index in [1.54, 1.807) is 27.8 Å². The number of carbonyl (C=O) groups is 1. The van der Waals surface area contributed by atoms with E-state index in [4.69, 9.17) is 9.47 Å². The van der Waals surface area contributed by atoms with Gasteiger partial charge in [-0.05, 0) is 31.6 Å². The van der Waals surface area contributed by atoms with Crippen molar-refractivity contribution in [2.45, 2.75) is 32.0 Å². The molecule has 9 heteroatoms. The summed E-state index contributed by atoms with van der Waals surface area (Å²) in [5.41, 5.74) is 1.95. The molecule has 0 spiro atoms. The third-order valence-corrected chi connectivity index (χ3v) is 5.76. The van der Waals surface area contributed by atoms with Crippen LogP contribution in [0.3, 0.4) is 0 Å². The lowest BCUT2D eigenvalue weighted by atomic mass is 10.1. The third-order valence-electron chi connectivity index (χ3n) is 5.76. The number of fused-ring (bicyclic) bond motifs is 1. The molecule has 0 fully saturated rings. The summed E-state index contributed by atoms with van der Waals surface area (Å²) in [5, 5.41) is 7.41. The Bertz CT molecular complexity index is 1090. The molecular formula is C25H31FN4O3S. The van der Waals surface area contributed by atoms with E-state index in [0.717, 1.165) is 24.9 Å². The first-order chi connectivity index (χ1) is 16.1. The molecule has 2 aromatic carbocycles. The summed E-state index contributed by atoms with van der Waals surface area (Å²) in [6.07, 6.45) is 1.30. The van der Waals surface area contributed by atoms with Gasteiger partial charge in [0.2, 0.25) is 5.88 Å². The number of ether oxygens (including phenoxy) is 2. The zero-order valence-electron chi connectivity index (χ0n) is 19.5. The number of halogens is 1. The van der Waals surface area contributed by atoms with Gasteiger partial charge in [-0.25, -0.2) is 4.39 Å². The van der Waals surface area contributed by atoms with E-state index in [-0.39, 0.29) is 32.1 Å². The summed E-state index contributed by atoms with van der Waals surface area (Å²) < 4.78 is 28.0. The van der Waals surface area contributed by atoms with Crippen LogP contribution in [0.25, 0.3) is 0 Å². The van der Waals surface area contributed by atoms with Gasteiger partial charge in [0.15, 0.2) is 0 Å². The van der Waals surface area contributed by atoms with Gasteiger partial charge in [-0.1, -0.05) is 36.4 Å². The van der Waals surface area contributed by atoms with E-state index in [1.165, 1.54) is 13.2 Å². The number of benzene rings is 2. The van der Waals surface area contributed by atoms with Gasteiger partial charge in [-0.2, -0.15) is 13.5 Å². The molecule has 0 bridgehead atoms. The number of nitrogens with one attached hydrogen (secondary N) is 1. The highest BCUT2D eigenvalue weighted by atomic mass is 32.1. The van der Waals surface area contributed by atoms with Crippen LogP contribution in [-0.2, 0) is 13.1 Å². The Balaban J connectivity index is 0.00000324. The number of aryl methyl sites for hydroxylation is 1. The third kappa shape index (κ3) is 5.90. The van der Waals surface area contributed by atoms with Gasteiger partial charge in [0.05, 0.1) is 7.11 Å². The maximum absolute atomic E-state index is 15.0. The van der Waals surface area contributed by atoms with Crippen molar-refractivity contribution in [1.82, 2.24) is 20.0 Å². The van der Waals surface area contributed by atoms with Gasteiger partial charge in [-0.15, -0.1) is 5.10 Å². The lowest BCUT2D eigenvalue weighted by Gasteiger charge is -2.22. The van der Waals surface area contributed by atoms with Crippen molar-refractivity contribution in [2.75, 3.05) is 27.2 Å². The van der Waals surface area contributed by atoms with Crippen LogP contribution in [0, 0.1) is 5.82 Å². The van der Waals surface area contributed by atoms with Crippen molar-refractivity contribution in [2.24, 2.45) is 0 Å². The Kier molecular flexibility index (Phi) is 8.95. The van der Waals surface area contributed by atoms with Gasteiger partial charge in [0.1, 0.15) is 23.4 Å². The van der Waals surface area contributed by atoms with Crippen LogP contribution >= 0.6 is 13.5 Å². The second kappa shape index (κ2) is 11.9. The molecule has 182 valence electrons. The normalized spacial score (nSPS) is 14.1. The second-order valence-electron chi connectivity index (χ2n) is 8.04. The minimum atomic E-state index is -0.393. The van der Waals surface area contributed by atoms with Crippen molar-refractivity contribution in [1.29, 1.82) is 0 Å². The maximum Gasteiger partial charge on any atom is 0.272 e. The number of carbonyl (C=O) groups excluding carboxylic acids is 1. The summed E-state index contributed by atoms with van der Waals surface area (Å²) in [4.78, 5) is 14.7. The molecule has 7 nitrogen and oxygen atoms in total. The van der Waals surface area contributed by atoms with Crippen LogP contribution in [0.5, 0.6) is 11.6 Å². The Hall–Kier alpha value is -3.04. The Labute approximate surface area is 206 Å². The van der Waals surface area contributed by atoms with E-state index >= 15 is 4.39 Å². The molecule has 0 aliphatic carbocycles. The SMILES string of the molecule is CNCC[C@H](Oc1ccc(CN2CCCn3nc(OC)cc3C2=O)c(F)c1)c1ccccc1.S. The van der Waals surface area contributed by atoms with Crippen molar-refractivity contribution in [3.8, 4) is 11.6 Å². The van der Waals surface area contributed by atoms with Gasteiger partial charge < -0.3 is 19.7 Å². The standard InChI is InChI=1S/C25H29FN4O3.H2S/c1-27-12-11-23(18-7-4-3-5-8-18)33-20-10-9-19(21(26)15-20)17-29-13-6-14-30-22(25(29)31)16-24(28-30)32-2;/h3-5,7-10,15-16,23,27H,6,11-14,17H2,1-2H3;1H2/t23-;/m0./s1. The molecule has 3 aromatic rings. The number of amides is 1. The van der Waals surface area contributed by atoms with E-state index in [0.29, 0.717) is 36.0 Å². The van der Waals surface area contributed by atoms with Crippen LogP contribution in [0.2, 0.25) is 0 Å². The Morgan fingerprint density at radius 3 is 2.65 bits per heavy atom.